The summed E-state index contributed by atoms with van der Waals surface area (Å²) in [5, 5.41) is 0. The van der Waals surface area contributed by atoms with E-state index >= 15 is 0 Å². The van der Waals surface area contributed by atoms with Crippen LogP contribution in [0.2, 0.25) is 0 Å². The zero-order valence-corrected chi connectivity index (χ0v) is 12.6. The van der Waals surface area contributed by atoms with E-state index in [1.807, 2.05) is 0 Å². The molecule has 0 amide bonds. The van der Waals surface area contributed by atoms with E-state index < -0.39 is 0 Å². The summed E-state index contributed by atoms with van der Waals surface area (Å²) in [5.74, 6) is 0.685. The number of hydrogen-bond donors (Lipinski definition) is 0. The van der Waals surface area contributed by atoms with Crippen LogP contribution in [0.4, 0.5) is 0 Å². The lowest BCUT2D eigenvalue weighted by atomic mass is 9.90. The second-order valence-corrected chi connectivity index (χ2v) is 6.30. The molecule has 0 aliphatic heterocycles. The first-order valence-electron chi connectivity index (χ1n) is 7.52. The quantitative estimate of drug-likeness (QED) is 0.684. The Balaban J connectivity index is 2.13. The van der Waals surface area contributed by atoms with Gasteiger partial charge in [0, 0.05) is 0 Å². The minimum absolute atomic E-state index is 0.685. The molecule has 0 bridgehead atoms. The molecular formula is C20H22. The van der Waals surface area contributed by atoms with E-state index in [2.05, 4.69) is 69.3 Å². The van der Waals surface area contributed by atoms with Gasteiger partial charge in [-0.3, -0.25) is 0 Å². The van der Waals surface area contributed by atoms with Gasteiger partial charge in [0.05, 0.1) is 0 Å². The van der Waals surface area contributed by atoms with E-state index in [1.54, 1.807) is 0 Å². The maximum absolute atomic E-state index is 2.36. The molecule has 1 aliphatic carbocycles. The minimum atomic E-state index is 0.685. The minimum Gasteiger partial charge on any atom is -0.0683 e. The number of hydrogen-bond acceptors (Lipinski definition) is 0. The lowest BCUT2D eigenvalue weighted by molar-refractivity contribution is 0.648. The molecule has 102 valence electrons. The van der Waals surface area contributed by atoms with Gasteiger partial charge >= 0.3 is 0 Å². The van der Waals surface area contributed by atoms with Gasteiger partial charge in [0.2, 0.25) is 0 Å². The van der Waals surface area contributed by atoms with Gasteiger partial charge in [-0.15, -0.1) is 0 Å². The fourth-order valence-corrected chi connectivity index (χ4v) is 3.17. The Morgan fingerprint density at radius 1 is 0.950 bits per heavy atom. The van der Waals surface area contributed by atoms with Gasteiger partial charge in [0.1, 0.15) is 0 Å². The van der Waals surface area contributed by atoms with Gasteiger partial charge in [0.15, 0.2) is 0 Å². The molecule has 1 aliphatic rings. The monoisotopic (exact) mass is 262 g/mol. The van der Waals surface area contributed by atoms with E-state index in [0.717, 1.165) is 12.8 Å². The van der Waals surface area contributed by atoms with E-state index in [-0.39, 0.29) is 0 Å². The summed E-state index contributed by atoms with van der Waals surface area (Å²) in [4.78, 5) is 0. The summed E-state index contributed by atoms with van der Waals surface area (Å²) in [5.41, 5.74) is 8.64. The Hall–Kier alpha value is -1.82. The fourth-order valence-electron chi connectivity index (χ4n) is 3.17. The highest BCUT2D eigenvalue weighted by Gasteiger charge is 2.16. The summed E-state index contributed by atoms with van der Waals surface area (Å²) >= 11 is 0. The predicted molar refractivity (Wildman–Crippen MR) is 87.8 cm³/mol. The molecule has 0 fully saturated rings. The molecule has 0 aromatic heterocycles. The Morgan fingerprint density at radius 3 is 2.50 bits per heavy atom. The molecule has 0 N–H and O–H groups in total. The third kappa shape index (κ3) is 2.43. The van der Waals surface area contributed by atoms with Gasteiger partial charge in [-0.2, -0.15) is 0 Å². The van der Waals surface area contributed by atoms with Gasteiger partial charge in [-0.05, 0) is 53.5 Å². The average Bonchev–Trinajstić information content (AvgIpc) is 2.79. The summed E-state index contributed by atoms with van der Waals surface area (Å²) in [7, 11) is 0. The summed E-state index contributed by atoms with van der Waals surface area (Å²) < 4.78 is 0. The summed E-state index contributed by atoms with van der Waals surface area (Å²) in [6, 6.07) is 15.6. The fraction of sp³-hybridized carbons (Fsp3) is 0.300. The third-order valence-electron chi connectivity index (χ3n) is 3.99. The van der Waals surface area contributed by atoms with Crippen LogP contribution in [-0.4, -0.2) is 0 Å². The van der Waals surface area contributed by atoms with Crippen molar-refractivity contribution in [3.63, 3.8) is 0 Å². The molecule has 3 rings (SSSR count). The van der Waals surface area contributed by atoms with E-state index in [9.17, 15) is 0 Å². The second-order valence-electron chi connectivity index (χ2n) is 6.30. The Kier molecular flexibility index (Phi) is 3.48. The van der Waals surface area contributed by atoms with Gasteiger partial charge < -0.3 is 0 Å². The van der Waals surface area contributed by atoms with Crippen LogP contribution in [-0.2, 0) is 12.8 Å². The summed E-state index contributed by atoms with van der Waals surface area (Å²) in [6.07, 6.45) is 4.61. The van der Waals surface area contributed by atoms with E-state index in [1.165, 1.54) is 33.4 Å². The van der Waals surface area contributed by atoms with Crippen molar-refractivity contribution >= 4 is 6.08 Å². The Bertz CT molecular complexity index is 659. The topological polar surface area (TPSA) is 0 Å². The van der Waals surface area contributed by atoms with Crippen LogP contribution in [0, 0.1) is 5.92 Å². The average molecular weight is 262 g/mol. The van der Waals surface area contributed by atoms with Crippen LogP contribution in [0.25, 0.3) is 17.2 Å². The Labute approximate surface area is 122 Å². The lowest BCUT2D eigenvalue weighted by Crippen LogP contribution is -1.98. The molecule has 0 heteroatoms. The van der Waals surface area contributed by atoms with Crippen LogP contribution >= 0.6 is 0 Å². The molecule has 0 unspecified atom stereocenters. The first-order chi connectivity index (χ1) is 9.65. The largest absolute Gasteiger partial charge is 0.0683 e. The van der Waals surface area contributed by atoms with Gasteiger partial charge in [-0.1, -0.05) is 68.0 Å². The van der Waals surface area contributed by atoms with Crippen molar-refractivity contribution in [2.24, 2.45) is 5.92 Å². The third-order valence-corrected chi connectivity index (χ3v) is 3.99. The van der Waals surface area contributed by atoms with Crippen molar-refractivity contribution in [3.05, 3.63) is 64.7 Å². The van der Waals surface area contributed by atoms with Crippen molar-refractivity contribution in [2.75, 3.05) is 0 Å². The number of fused-ring (bicyclic) bond motifs is 1. The highest BCUT2D eigenvalue weighted by atomic mass is 14.2. The smallest absolute Gasteiger partial charge is 0.00604 e. The van der Waals surface area contributed by atoms with Gasteiger partial charge in [-0.25, -0.2) is 0 Å². The molecule has 0 atom stereocenters. The second kappa shape index (κ2) is 5.28. The normalized spacial score (nSPS) is 13.5. The van der Waals surface area contributed by atoms with Crippen LogP contribution in [0.1, 0.15) is 37.5 Å². The maximum Gasteiger partial charge on any atom is -0.00604 e. The predicted octanol–water partition coefficient (Wildman–Crippen LogP) is 5.51. The standard InChI is InChI=1S/C20H22/c1-14(2)11-16-7-4-5-9-18(16)19-10-6-8-17-12-15(3)13-20(17)19/h4-10,13-14H,11-12H2,1-3H3. The molecule has 0 spiro atoms. The first kappa shape index (κ1) is 13.2. The first-order valence-corrected chi connectivity index (χ1v) is 7.52. The number of rotatable bonds is 3. The Morgan fingerprint density at radius 2 is 1.70 bits per heavy atom. The van der Waals surface area contributed by atoms with Crippen LogP contribution in [0.5, 0.6) is 0 Å². The zero-order valence-electron chi connectivity index (χ0n) is 12.6. The van der Waals surface area contributed by atoms with Crippen molar-refractivity contribution in [2.45, 2.75) is 33.6 Å². The molecule has 20 heavy (non-hydrogen) atoms. The lowest BCUT2D eigenvalue weighted by Gasteiger charge is -2.14. The number of benzene rings is 2. The molecule has 0 radical (unpaired) electrons. The van der Waals surface area contributed by atoms with Crippen molar-refractivity contribution in [3.8, 4) is 11.1 Å². The molecule has 0 saturated carbocycles. The van der Waals surface area contributed by atoms with Crippen LogP contribution in [0.3, 0.4) is 0 Å². The zero-order chi connectivity index (χ0) is 14.1. The molecule has 0 nitrogen and oxygen atoms in total. The van der Waals surface area contributed by atoms with Crippen LogP contribution < -0.4 is 0 Å². The highest BCUT2D eigenvalue weighted by Crippen LogP contribution is 2.35. The van der Waals surface area contributed by atoms with Crippen molar-refractivity contribution in [1.29, 1.82) is 0 Å². The van der Waals surface area contributed by atoms with E-state index in [0.29, 0.717) is 5.92 Å². The van der Waals surface area contributed by atoms with Crippen molar-refractivity contribution < 1.29 is 0 Å². The molecular weight excluding hydrogens is 240 g/mol. The van der Waals surface area contributed by atoms with E-state index in [4.69, 9.17) is 0 Å². The maximum atomic E-state index is 2.36. The van der Waals surface area contributed by atoms with Gasteiger partial charge in [0.25, 0.3) is 0 Å². The molecule has 2 aromatic carbocycles. The van der Waals surface area contributed by atoms with Crippen LogP contribution in [0.15, 0.2) is 48.0 Å². The van der Waals surface area contributed by atoms with Crippen molar-refractivity contribution in [1.82, 2.24) is 0 Å². The SMILES string of the molecule is CC1=Cc2c(cccc2-c2ccccc2CC(C)C)C1. The molecule has 2 aromatic rings. The number of allylic oxidation sites excluding steroid dienone is 1. The summed E-state index contributed by atoms with van der Waals surface area (Å²) in [6.45, 7) is 6.80. The molecule has 0 saturated heterocycles. The molecule has 0 heterocycles. The highest BCUT2D eigenvalue weighted by molar-refractivity contribution is 5.82.